The highest BCUT2D eigenvalue weighted by molar-refractivity contribution is 5.90. The number of para-hydroxylation sites is 1. The minimum atomic E-state index is -0.164. The monoisotopic (exact) mass is 288 g/mol. The maximum absolute atomic E-state index is 12.2. The van der Waals surface area contributed by atoms with Crippen molar-refractivity contribution in [3.8, 4) is 0 Å². The number of hydrogen-bond donors (Lipinski definition) is 3. The number of carbonyl (C=O) groups excluding carboxylic acids is 1. The standard InChI is InChI=1S/C17H24N2O2/c1-11(2)8-13(10-20)19-17(21)9-15-12(3)18-16-7-5-4-6-14(15)16/h4-7,11,13,18,20H,8-10H2,1-3H3,(H,19,21). The Kier molecular flexibility index (Phi) is 5.02. The number of hydrogen-bond acceptors (Lipinski definition) is 2. The molecule has 0 aliphatic rings. The summed E-state index contributed by atoms with van der Waals surface area (Å²) in [5, 5.41) is 13.4. The maximum Gasteiger partial charge on any atom is 0.224 e. The Labute approximate surface area is 125 Å². The number of fused-ring (bicyclic) bond motifs is 1. The first-order valence-corrected chi connectivity index (χ1v) is 7.47. The second-order valence-electron chi connectivity index (χ2n) is 6.03. The Morgan fingerprint density at radius 2 is 2.05 bits per heavy atom. The Morgan fingerprint density at radius 1 is 1.33 bits per heavy atom. The third kappa shape index (κ3) is 3.85. The van der Waals surface area contributed by atoms with Crippen molar-refractivity contribution in [2.75, 3.05) is 6.61 Å². The molecule has 0 bridgehead atoms. The van der Waals surface area contributed by atoms with E-state index in [1.165, 1.54) is 0 Å². The number of amides is 1. The van der Waals surface area contributed by atoms with Gasteiger partial charge in [0.05, 0.1) is 19.1 Å². The van der Waals surface area contributed by atoms with Gasteiger partial charge < -0.3 is 15.4 Å². The smallest absolute Gasteiger partial charge is 0.224 e. The molecule has 0 fully saturated rings. The first kappa shape index (κ1) is 15.6. The molecule has 1 heterocycles. The second-order valence-corrected chi connectivity index (χ2v) is 6.03. The molecule has 0 aliphatic heterocycles. The molecule has 0 saturated heterocycles. The van der Waals surface area contributed by atoms with Gasteiger partial charge in [-0.15, -0.1) is 0 Å². The third-order valence-corrected chi connectivity index (χ3v) is 3.71. The normalized spacial score (nSPS) is 12.8. The van der Waals surface area contributed by atoms with Crippen molar-refractivity contribution in [3.05, 3.63) is 35.5 Å². The Hall–Kier alpha value is -1.81. The molecule has 114 valence electrons. The second kappa shape index (κ2) is 6.76. The number of aromatic nitrogens is 1. The zero-order valence-corrected chi connectivity index (χ0v) is 12.9. The summed E-state index contributed by atoms with van der Waals surface area (Å²) in [5.41, 5.74) is 3.11. The van der Waals surface area contributed by atoms with Crippen molar-refractivity contribution in [2.24, 2.45) is 5.92 Å². The van der Waals surface area contributed by atoms with E-state index in [4.69, 9.17) is 0 Å². The van der Waals surface area contributed by atoms with Gasteiger partial charge in [0.1, 0.15) is 0 Å². The van der Waals surface area contributed by atoms with Gasteiger partial charge in [-0.1, -0.05) is 32.0 Å². The van der Waals surface area contributed by atoms with E-state index in [9.17, 15) is 9.90 Å². The summed E-state index contributed by atoms with van der Waals surface area (Å²) < 4.78 is 0. The van der Waals surface area contributed by atoms with Crippen molar-refractivity contribution in [3.63, 3.8) is 0 Å². The van der Waals surface area contributed by atoms with Crippen molar-refractivity contribution in [1.82, 2.24) is 10.3 Å². The lowest BCUT2D eigenvalue weighted by Gasteiger charge is -2.18. The predicted octanol–water partition coefficient (Wildman–Crippen LogP) is 2.54. The van der Waals surface area contributed by atoms with Crippen molar-refractivity contribution >= 4 is 16.8 Å². The van der Waals surface area contributed by atoms with Crippen LogP contribution in [0.25, 0.3) is 10.9 Å². The summed E-state index contributed by atoms with van der Waals surface area (Å²) in [4.78, 5) is 15.5. The molecule has 3 N–H and O–H groups in total. The SMILES string of the molecule is Cc1[nH]c2ccccc2c1CC(=O)NC(CO)CC(C)C. The van der Waals surface area contributed by atoms with Crippen LogP contribution in [0, 0.1) is 12.8 Å². The Balaban J connectivity index is 2.09. The van der Waals surface area contributed by atoms with Gasteiger partial charge in [0.15, 0.2) is 0 Å². The molecule has 1 unspecified atom stereocenters. The van der Waals surface area contributed by atoms with Crippen LogP contribution in [-0.2, 0) is 11.2 Å². The Morgan fingerprint density at radius 3 is 2.71 bits per heavy atom. The molecule has 1 aromatic heterocycles. The maximum atomic E-state index is 12.2. The zero-order valence-electron chi connectivity index (χ0n) is 12.9. The van der Waals surface area contributed by atoms with Gasteiger partial charge in [0.2, 0.25) is 5.91 Å². The van der Waals surface area contributed by atoms with Crippen LogP contribution in [0.1, 0.15) is 31.5 Å². The molecular weight excluding hydrogens is 264 g/mol. The fraction of sp³-hybridized carbons (Fsp3) is 0.471. The zero-order chi connectivity index (χ0) is 15.4. The minimum absolute atomic E-state index is 0.0171. The van der Waals surface area contributed by atoms with Gasteiger partial charge in [-0.25, -0.2) is 0 Å². The van der Waals surface area contributed by atoms with Crippen LogP contribution in [0.2, 0.25) is 0 Å². The van der Waals surface area contributed by atoms with Crippen LogP contribution in [0.4, 0.5) is 0 Å². The minimum Gasteiger partial charge on any atom is -0.394 e. The summed E-state index contributed by atoms with van der Waals surface area (Å²) >= 11 is 0. The molecule has 0 spiro atoms. The first-order chi connectivity index (χ1) is 10.0. The molecule has 0 radical (unpaired) electrons. The van der Waals surface area contributed by atoms with E-state index in [2.05, 4.69) is 24.1 Å². The number of benzene rings is 1. The number of aliphatic hydroxyl groups excluding tert-OH is 1. The molecule has 21 heavy (non-hydrogen) atoms. The number of nitrogens with one attached hydrogen (secondary N) is 2. The number of aliphatic hydroxyl groups is 1. The van der Waals surface area contributed by atoms with E-state index in [-0.39, 0.29) is 18.6 Å². The average Bonchev–Trinajstić information content (AvgIpc) is 2.74. The summed E-state index contributed by atoms with van der Waals surface area (Å²) in [5.74, 6) is 0.403. The number of carbonyl (C=O) groups is 1. The summed E-state index contributed by atoms with van der Waals surface area (Å²) in [6.45, 7) is 6.13. The molecule has 1 atom stereocenters. The first-order valence-electron chi connectivity index (χ1n) is 7.47. The van der Waals surface area contributed by atoms with Crippen LogP contribution in [0.3, 0.4) is 0 Å². The number of aromatic amines is 1. The van der Waals surface area contributed by atoms with Crippen LogP contribution < -0.4 is 5.32 Å². The molecular formula is C17H24N2O2. The fourth-order valence-corrected chi connectivity index (χ4v) is 2.75. The molecule has 4 heteroatoms. The van der Waals surface area contributed by atoms with Gasteiger partial charge in [0.25, 0.3) is 0 Å². The molecule has 0 saturated carbocycles. The van der Waals surface area contributed by atoms with Crippen molar-refractivity contribution in [1.29, 1.82) is 0 Å². The molecule has 1 amide bonds. The number of rotatable bonds is 6. The summed E-state index contributed by atoms with van der Waals surface area (Å²) in [7, 11) is 0. The third-order valence-electron chi connectivity index (χ3n) is 3.71. The largest absolute Gasteiger partial charge is 0.394 e. The summed E-state index contributed by atoms with van der Waals surface area (Å²) in [6.07, 6.45) is 1.12. The quantitative estimate of drug-likeness (QED) is 0.765. The number of H-pyrrole nitrogens is 1. The van der Waals surface area contributed by atoms with E-state index in [1.807, 2.05) is 31.2 Å². The van der Waals surface area contributed by atoms with Crippen molar-refractivity contribution < 1.29 is 9.90 Å². The molecule has 2 rings (SSSR count). The van der Waals surface area contributed by atoms with Gasteiger partial charge in [0, 0.05) is 16.6 Å². The van der Waals surface area contributed by atoms with Crippen LogP contribution in [-0.4, -0.2) is 28.6 Å². The van der Waals surface area contributed by atoms with Gasteiger partial charge in [-0.2, -0.15) is 0 Å². The van der Waals surface area contributed by atoms with E-state index >= 15 is 0 Å². The van der Waals surface area contributed by atoms with Gasteiger partial charge in [-0.3, -0.25) is 4.79 Å². The lowest BCUT2D eigenvalue weighted by atomic mass is 10.0. The molecule has 1 aromatic carbocycles. The Bertz CT molecular complexity index is 616. The van der Waals surface area contributed by atoms with Crippen LogP contribution in [0.15, 0.2) is 24.3 Å². The number of aryl methyl sites for hydroxylation is 1. The van der Waals surface area contributed by atoms with E-state index in [1.54, 1.807) is 0 Å². The van der Waals surface area contributed by atoms with E-state index in [0.717, 1.165) is 28.6 Å². The van der Waals surface area contributed by atoms with Gasteiger partial charge >= 0.3 is 0 Å². The van der Waals surface area contributed by atoms with Gasteiger partial charge in [-0.05, 0) is 30.9 Å². The fourth-order valence-electron chi connectivity index (χ4n) is 2.75. The van der Waals surface area contributed by atoms with E-state index < -0.39 is 0 Å². The van der Waals surface area contributed by atoms with Crippen molar-refractivity contribution in [2.45, 2.75) is 39.7 Å². The summed E-state index contributed by atoms with van der Waals surface area (Å²) in [6, 6.07) is 7.83. The molecule has 0 aliphatic carbocycles. The highest BCUT2D eigenvalue weighted by Gasteiger charge is 2.16. The topological polar surface area (TPSA) is 65.1 Å². The van der Waals surface area contributed by atoms with Crippen LogP contribution >= 0.6 is 0 Å². The lowest BCUT2D eigenvalue weighted by molar-refractivity contribution is -0.121. The molecule has 2 aromatic rings. The lowest BCUT2D eigenvalue weighted by Crippen LogP contribution is -2.39. The average molecular weight is 288 g/mol. The highest BCUT2D eigenvalue weighted by atomic mass is 16.3. The molecule has 4 nitrogen and oxygen atoms in total. The highest BCUT2D eigenvalue weighted by Crippen LogP contribution is 2.22. The van der Waals surface area contributed by atoms with Crippen LogP contribution in [0.5, 0.6) is 0 Å². The van der Waals surface area contributed by atoms with E-state index in [0.29, 0.717) is 12.3 Å². The predicted molar refractivity (Wildman–Crippen MR) is 85.2 cm³/mol.